The van der Waals surface area contributed by atoms with Gasteiger partial charge in [0.2, 0.25) is 11.8 Å². The van der Waals surface area contributed by atoms with Gasteiger partial charge in [0, 0.05) is 35.1 Å². The maximum absolute atomic E-state index is 14.2. The molecule has 1 atom stereocenters. The molecule has 3 N–H and O–H groups in total. The van der Waals surface area contributed by atoms with Gasteiger partial charge < -0.3 is 30.0 Å². The minimum absolute atomic E-state index is 0.00312. The standard InChI is InChI=1S/C29H27Cl2N7O5/c1-6-19(31)16(23(32)39)8-7-11-37-26(40)21-22(29(37)18-10-9-15(30)12-20(18)34-27(29)41)38(14(2)3)24(35-21)17-13-33-28(43-5)36-25(17)42-4/h6-10,12-14H,1,11H2,2-5H3,(H2,32,39)(H,34,41)/b8-7-,19-16-. The summed E-state index contributed by atoms with van der Waals surface area (Å²) in [6.45, 7) is 7.27. The first-order valence-corrected chi connectivity index (χ1v) is 13.8. The van der Waals surface area contributed by atoms with Crippen LogP contribution in [0, 0.1) is 0 Å². The molecule has 14 heteroatoms. The van der Waals surface area contributed by atoms with Gasteiger partial charge in [0.15, 0.2) is 11.2 Å². The third-order valence-corrected chi connectivity index (χ3v) is 7.79. The van der Waals surface area contributed by atoms with Crippen molar-refractivity contribution >= 4 is 46.6 Å². The Hall–Kier alpha value is -4.68. The molecule has 2 aliphatic rings. The van der Waals surface area contributed by atoms with E-state index in [1.165, 1.54) is 43.5 Å². The van der Waals surface area contributed by atoms with E-state index < -0.39 is 23.3 Å². The predicted molar refractivity (Wildman–Crippen MR) is 160 cm³/mol. The number of imidazole rings is 1. The number of fused-ring (bicyclic) bond motifs is 4. The molecule has 4 heterocycles. The highest BCUT2D eigenvalue weighted by Gasteiger charge is 2.63. The molecule has 0 fully saturated rings. The number of carbonyl (C=O) groups excluding carboxylic acids is 3. The van der Waals surface area contributed by atoms with Crippen molar-refractivity contribution in [1.82, 2.24) is 24.4 Å². The second kappa shape index (κ2) is 11.2. The zero-order valence-corrected chi connectivity index (χ0v) is 25.2. The lowest BCUT2D eigenvalue weighted by molar-refractivity contribution is -0.123. The fourth-order valence-corrected chi connectivity index (χ4v) is 5.77. The summed E-state index contributed by atoms with van der Waals surface area (Å²) >= 11 is 12.4. The normalized spacial score (nSPS) is 17.8. The van der Waals surface area contributed by atoms with Crippen LogP contribution in [-0.2, 0) is 15.1 Å². The Balaban J connectivity index is 1.77. The van der Waals surface area contributed by atoms with Crippen molar-refractivity contribution in [3.63, 3.8) is 0 Å². The van der Waals surface area contributed by atoms with Crippen LogP contribution in [0.4, 0.5) is 5.69 Å². The summed E-state index contributed by atoms with van der Waals surface area (Å²) in [5, 5.41) is 3.34. The van der Waals surface area contributed by atoms with Gasteiger partial charge in [-0.1, -0.05) is 48.0 Å². The number of nitrogens with two attached hydrogens (primary N) is 1. The quantitative estimate of drug-likeness (QED) is 0.268. The number of nitrogens with zero attached hydrogens (tertiary/aromatic N) is 5. The lowest BCUT2D eigenvalue weighted by Gasteiger charge is -2.35. The molecular formula is C29H27Cl2N7O5. The summed E-state index contributed by atoms with van der Waals surface area (Å²) in [6, 6.07) is 4.76. The van der Waals surface area contributed by atoms with Crippen molar-refractivity contribution in [3.8, 4) is 23.3 Å². The van der Waals surface area contributed by atoms with Gasteiger partial charge in [0.05, 0.1) is 36.1 Å². The van der Waals surface area contributed by atoms with Crippen LogP contribution in [0.15, 0.2) is 59.8 Å². The molecule has 0 bridgehead atoms. The Morgan fingerprint density at radius 1 is 1.23 bits per heavy atom. The van der Waals surface area contributed by atoms with Gasteiger partial charge in [-0.05, 0) is 32.1 Å². The molecule has 43 heavy (non-hydrogen) atoms. The minimum atomic E-state index is -1.65. The van der Waals surface area contributed by atoms with Gasteiger partial charge in [0.25, 0.3) is 11.8 Å². The van der Waals surface area contributed by atoms with Gasteiger partial charge in [-0.3, -0.25) is 14.4 Å². The molecule has 3 aromatic rings. The summed E-state index contributed by atoms with van der Waals surface area (Å²) in [7, 11) is 2.87. The number of primary amides is 1. The van der Waals surface area contributed by atoms with Gasteiger partial charge >= 0.3 is 6.01 Å². The lowest BCUT2D eigenvalue weighted by atomic mass is 9.87. The van der Waals surface area contributed by atoms with Crippen LogP contribution in [0.1, 0.15) is 41.6 Å². The molecule has 0 saturated heterocycles. The van der Waals surface area contributed by atoms with Crippen molar-refractivity contribution < 1.29 is 23.9 Å². The maximum atomic E-state index is 14.2. The number of aromatic nitrogens is 4. The molecule has 0 saturated carbocycles. The van der Waals surface area contributed by atoms with E-state index in [-0.39, 0.29) is 40.8 Å². The SMILES string of the molecule is C=C/C(Cl)=C(\C=C/CN1C(=O)c2nc(-c3cnc(OC)nc3OC)n(C(C)C)c2C12C(=O)Nc1cc(Cl)ccc12)C(N)=O. The zero-order chi connectivity index (χ0) is 31.2. The van der Waals surface area contributed by atoms with E-state index in [9.17, 15) is 14.4 Å². The molecule has 1 aromatic carbocycles. The molecule has 1 spiro atoms. The van der Waals surface area contributed by atoms with Crippen LogP contribution in [0.3, 0.4) is 0 Å². The topological polar surface area (TPSA) is 155 Å². The van der Waals surface area contributed by atoms with Crippen molar-refractivity contribution in [1.29, 1.82) is 0 Å². The number of hydrogen-bond donors (Lipinski definition) is 2. The number of benzene rings is 1. The average molecular weight is 624 g/mol. The number of amides is 3. The van der Waals surface area contributed by atoms with Crippen LogP contribution in [0.25, 0.3) is 11.4 Å². The molecular weight excluding hydrogens is 597 g/mol. The number of nitrogens with one attached hydrogen (secondary N) is 1. The van der Waals surface area contributed by atoms with Gasteiger partial charge in [-0.15, -0.1) is 0 Å². The third kappa shape index (κ3) is 4.54. The Bertz CT molecular complexity index is 1760. The van der Waals surface area contributed by atoms with Crippen LogP contribution in [0.2, 0.25) is 5.02 Å². The highest BCUT2D eigenvalue weighted by atomic mass is 35.5. The van der Waals surface area contributed by atoms with Gasteiger partial charge in [-0.25, -0.2) is 9.97 Å². The summed E-state index contributed by atoms with van der Waals surface area (Å²) in [5.41, 5.74) is 5.59. The van der Waals surface area contributed by atoms with Crippen LogP contribution < -0.4 is 20.5 Å². The third-order valence-electron chi connectivity index (χ3n) is 7.19. The number of methoxy groups -OCH3 is 2. The molecule has 2 aliphatic heterocycles. The number of allylic oxidation sites excluding steroid dienone is 2. The zero-order valence-electron chi connectivity index (χ0n) is 23.6. The average Bonchev–Trinajstić information content (AvgIpc) is 3.58. The second-order valence-electron chi connectivity index (χ2n) is 9.88. The van der Waals surface area contributed by atoms with E-state index >= 15 is 0 Å². The highest BCUT2D eigenvalue weighted by molar-refractivity contribution is 6.33. The highest BCUT2D eigenvalue weighted by Crippen LogP contribution is 2.53. The number of rotatable bonds is 9. The molecule has 0 radical (unpaired) electrons. The molecule has 2 aromatic heterocycles. The molecule has 3 amide bonds. The van der Waals surface area contributed by atoms with Gasteiger partial charge in [-0.2, -0.15) is 4.98 Å². The van der Waals surface area contributed by atoms with Crippen LogP contribution >= 0.6 is 23.2 Å². The van der Waals surface area contributed by atoms with Crippen LogP contribution in [0.5, 0.6) is 11.9 Å². The summed E-state index contributed by atoms with van der Waals surface area (Å²) in [4.78, 5) is 55.0. The Morgan fingerprint density at radius 3 is 2.60 bits per heavy atom. The fourth-order valence-electron chi connectivity index (χ4n) is 5.45. The largest absolute Gasteiger partial charge is 0.480 e. The van der Waals surface area contributed by atoms with E-state index in [0.29, 0.717) is 33.4 Å². The van der Waals surface area contributed by atoms with Crippen molar-refractivity contribution in [2.45, 2.75) is 25.4 Å². The first-order chi connectivity index (χ1) is 20.5. The first kappa shape index (κ1) is 29.8. The van der Waals surface area contributed by atoms with Crippen molar-refractivity contribution in [3.05, 3.63) is 81.8 Å². The molecule has 12 nitrogen and oxygen atoms in total. The first-order valence-electron chi connectivity index (χ1n) is 13.0. The Labute approximate surface area is 256 Å². The molecule has 222 valence electrons. The minimum Gasteiger partial charge on any atom is -0.480 e. The Kier molecular flexibility index (Phi) is 7.76. The smallest absolute Gasteiger partial charge is 0.319 e. The number of halogens is 2. The number of anilines is 1. The fraction of sp³-hybridized carbons (Fsp3) is 0.241. The van der Waals surface area contributed by atoms with E-state index in [1.54, 1.807) is 22.8 Å². The maximum Gasteiger partial charge on any atom is 0.319 e. The van der Waals surface area contributed by atoms with E-state index in [4.69, 9.17) is 43.4 Å². The number of ether oxygens (including phenoxy) is 2. The molecule has 1 unspecified atom stereocenters. The molecule has 0 aliphatic carbocycles. The van der Waals surface area contributed by atoms with Crippen molar-refractivity contribution in [2.24, 2.45) is 5.73 Å². The van der Waals surface area contributed by atoms with Crippen molar-refractivity contribution in [2.75, 3.05) is 26.1 Å². The van der Waals surface area contributed by atoms with E-state index in [2.05, 4.69) is 21.9 Å². The van der Waals surface area contributed by atoms with Crippen LogP contribution in [-0.4, -0.2) is 62.9 Å². The summed E-state index contributed by atoms with van der Waals surface area (Å²) < 4.78 is 12.5. The van der Waals surface area contributed by atoms with E-state index in [0.717, 1.165) is 0 Å². The summed E-state index contributed by atoms with van der Waals surface area (Å²) in [6.07, 6.45) is 5.69. The lowest BCUT2D eigenvalue weighted by Crippen LogP contribution is -2.51. The van der Waals surface area contributed by atoms with E-state index in [1.807, 2.05) is 13.8 Å². The predicted octanol–water partition coefficient (Wildman–Crippen LogP) is 3.96. The molecule has 5 rings (SSSR count). The number of hydrogen-bond acceptors (Lipinski definition) is 8. The number of carbonyl (C=O) groups is 3. The monoisotopic (exact) mass is 623 g/mol. The Morgan fingerprint density at radius 2 is 1.98 bits per heavy atom. The second-order valence-corrected chi connectivity index (χ2v) is 10.7. The van der Waals surface area contributed by atoms with Gasteiger partial charge in [0.1, 0.15) is 5.82 Å². The summed E-state index contributed by atoms with van der Waals surface area (Å²) in [5.74, 6) is -1.28.